The number of benzene rings is 2. The lowest BCUT2D eigenvalue weighted by Crippen LogP contribution is -1.91. The molecule has 0 N–H and O–H groups in total. The Morgan fingerprint density at radius 2 is 1.59 bits per heavy atom. The molecule has 2 aromatic rings. The summed E-state index contributed by atoms with van der Waals surface area (Å²) in [5.41, 5.74) is 1.29. The van der Waals surface area contributed by atoms with Crippen LogP contribution in [0.3, 0.4) is 0 Å². The summed E-state index contributed by atoms with van der Waals surface area (Å²) in [4.78, 5) is 0. The van der Waals surface area contributed by atoms with Crippen LogP contribution in [0, 0.1) is 0 Å². The third-order valence-corrected chi connectivity index (χ3v) is 2.74. The minimum atomic E-state index is 0.899. The maximum Gasteiger partial charge on any atom is 0.130 e. The van der Waals surface area contributed by atoms with Crippen molar-refractivity contribution in [3.8, 4) is 11.5 Å². The molecule has 0 amide bonds. The Labute approximate surface area is 103 Å². The average Bonchev–Trinajstić information content (AvgIpc) is 2.39. The topological polar surface area (TPSA) is 9.23 Å². The van der Waals surface area contributed by atoms with Crippen LogP contribution < -0.4 is 4.74 Å². The highest BCUT2D eigenvalue weighted by Gasteiger charge is 2.03. The van der Waals surface area contributed by atoms with Crippen molar-refractivity contribution in [3.63, 3.8) is 0 Å². The average molecular weight is 226 g/mol. The molecule has 0 fully saturated rings. The van der Waals surface area contributed by atoms with E-state index in [0.717, 1.165) is 17.9 Å². The maximum absolute atomic E-state index is 5.91. The summed E-state index contributed by atoms with van der Waals surface area (Å²) in [7, 11) is 0. The summed E-state index contributed by atoms with van der Waals surface area (Å²) in [6.07, 6.45) is 3.49. The minimum absolute atomic E-state index is 0.899. The van der Waals surface area contributed by atoms with Crippen molar-refractivity contribution in [3.05, 3.63) is 60.2 Å². The number of hydrogen-bond acceptors (Lipinski definition) is 1. The lowest BCUT2D eigenvalue weighted by atomic mass is 10.1. The summed E-state index contributed by atoms with van der Waals surface area (Å²) >= 11 is 0. The maximum atomic E-state index is 5.91. The molecule has 0 aromatic heterocycles. The van der Waals surface area contributed by atoms with Gasteiger partial charge in [-0.05, 0) is 36.6 Å². The molecule has 0 spiro atoms. The van der Waals surface area contributed by atoms with E-state index in [1.807, 2.05) is 42.5 Å². The van der Waals surface area contributed by atoms with Gasteiger partial charge in [0.05, 0.1) is 0 Å². The van der Waals surface area contributed by atoms with Crippen LogP contribution >= 0.6 is 0 Å². The smallest absolute Gasteiger partial charge is 0.130 e. The zero-order chi connectivity index (χ0) is 11.9. The van der Waals surface area contributed by atoms with Gasteiger partial charge in [-0.3, -0.25) is 0 Å². The molecule has 2 aromatic carbocycles. The number of hydrogen-bond donors (Lipinski definition) is 0. The molecular weight excluding hydrogens is 208 g/mol. The Bertz CT molecular complexity index is 448. The van der Waals surface area contributed by atoms with Gasteiger partial charge in [-0.1, -0.05) is 49.7 Å². The fraction of sp³-hybridized carbons (Fsp3) is 0.250. The van der Waals surface area contributed by atoms with Crippen LogP contribution in [0.15, 0.2) is 54.6 Å². The monoisotopic (exact) mass is 226 g/mol. The zero-order valence-electron chi connectivity index (χ0n) is 10.2. The summed E-state index contributed by atoms with van der Waals surface area (Å²) in [6.45, 7) is 2.21. The van der Waals surface area contributed by atoms with Crippen LogP contribution in [-0.2, 0) is 6.42 Å². The quantitative estimate of drug-likeness (QED) is 0.710. The van der Waals surface area contributed by atoms with E-state index in [9.17, 15) is 0 Å². The second kappa shape index (κ2) is 6.09. The predicted molar refractivity (Wildman–Crippen MR) is 71.6 cm³/mol. The lowest BCUT2D eigenvalue weighted by molar-refractivity contribution is 0.475. The Balaban J connectivity index is 2.15. The summed E-state index contributed by atoms with van der Waals surface area (Å²) < 4.78 is 5.91. The molecule has 88 valence electrons. The van der Waals surface area contributed by atoms with Crippen molar-refractivity contribution in [2.24, 2.45) is 0 Å². The molecule has 17 heavy (non-hydrogen) atoms. The van der Waals surface area contributed by atoms with E-state index in [0.29, 0.717) is 0 Å². The van der Waals surface area contributed by atoms with E-state index >= 15 is 0 Å². The molecule has 2 rings (SSSR count). The molecule has 0 saturated carbocycles. The Kier molecular flexibility index (Phi) is 4.20. The van der Waals surface area contributed by atoms with Gasteiger partial charge in [0.2, 0.25) is 0 Å². The molecule has 0 aliphatic heterocycles. The fourth-order valence-electron chi connectivity index (χ4n) is 1.79. The van der Waals surface area contributed by atoms with E-state index < -0.39 is 0 Å². The van der Waals surface area contributed by atoms with Crippen LogP contribution in [0.2, 0.25) is 0 Å². The number of para-hydroxylation sites is 2. The molecule has 1 nitrogen and oxygen atoms in total. The van der Waals surface area contributed by atoms with Crippen LogP contribution in [0.5, 0.6) is 11.5 Å². The van der Waals surface area contributed by atoms with Crippen LogP contribution in [0.1, 0.15) is 25.3 Å². The fourth-order valence-corrected chi connectivity index (χ4v) is 1.79. The second-order valence-corrected chi connectivity index (χ2v) is 4.13. The largest absolute Gasteiger partial charge is 0.457 e. The first kappa shape index (κ1) is 11.7. The van der Waals surface area contributed by atoms with E-state index in [2.05, 4.69) is 19.1 Å². The minimum Gasteiger partial charge on any atom is -0.457 e. The van der Waals surface area contributed by atoms with Gasteiger partial charge in [-0.25, -0.2) is 0 Å². The molecule has 0 atom stereocenters. The standard InChI is InChI=1S/C16H18O/c1-2-3-9-14-10-7-8-13-16(14)17-15-11-5-4-6-12-15/h4-8,10-13H,2-3,9H2,1H3. The van der Waals surface area contributed by atoms with Gasteiger partial charge >= 0.3 is 0 Å². The predicted octanol–water partition coefficient (Wildman–Crippen LogP) is 4.82. The first-order valence-electron chi connectivity index (χ1n) is 6.21. The Hall–Kier alpha value is -1.76. The summed E-state index contributed by atoms with van der Waals surface area (Å²) in [6, 6.07) is 18.2. The molecule has 0 saturated heterocycles. The molecule has 0 aliphatic carbocycles. The third kappa shape index (κ3) is 3.35. The first-order valence-corrected chi connectivity index (χ1v) is 6.21. The van der Waals surface area contributed by atoms with E-state index in [-0.39, 0.29) is 0 Å². The number of aryl methyl sites for hydroxylation is 1. The van der Waals surface area contributed by atoms with Gasteiger partial charge in [0.15, 0.2) is 0 Å². The summed E-state index contributed by atoms with van der Waals surface area (Å²) in [5.74, 6) is 1.88. The van der Waals surface area contributed by atoms with Crippen molar-refractivity contribution < 1.29 is 4.74 Å². The van der Waals surface area contributed by atoms with E-state index in [1.54, 1.807) is 0 Å². The Morgan fingerprint density at radius 1 is 0.882 bits per heavy atom. The van der Waals surface area contributed by atoms with Crippen LogP contribution in [0.4, 0.5) is 0 Å². The number of unbranched alkanes of at least 4 members (excludes halogenated alkanes) is 1. The molecule has 0 aliphatic rings. The normalized spacial score (nSPS) is 10.2. The van der Waals surface area contributed by atoms with Crippen molar-refractivity contribution in [2.75, 3.05) is 0 Å². The van der Waals surface area contributed by atoms with Gasteiger partial charge in [-0.15, -0.1) is 0 Å². The van der Waals surface area contributed by atoms with E-state index in [4.69, 9.17) is 4.74 Å². The van der Waals surface area contributed by atoms with Gasteiger partial charge in [0.1, 0.15) is 11.5 Å². The van der Waals surface area contributed by atoms with Crippen molar-refractivity contribution in [1.82, 2.24) is 0 Å². The van der Waals surface area contributed by atoms with Crippen molar-refractivity contribution >= 4 is 0 Å². The molecule has 0 heterocycles. The van der Waals surface area contributed by atoms with Gasteiger partial charge in [0.25, 0.3) is 0 Å². The van der Waals surface area contributed by atoms with Crippen LogP contribution in [-0.4, -0.2) is 0 Å². The summed E-state index contributed by atoms with van der Waals surface area (Å²) in [5, 5.41) is 0. The molecule has 0 radical (unpaired) electrons. The lowest BCUT2D eigenvalue weighted by Gasteiger charge is -2.10. The van der Waals surface area contributed by atoms with Gasteiger partial charge in [0, 0.05) is 0 Å². The highest BCUT2D eigenvalue weighted by Crippen LogP contribution is 2.26. The molecule has 0 bridgehead atoms. The number of ether oxygens (including phenoxy) is 1. The third-order valence-electron chi connectivity index (χ3n) is 2.74. The first-order chi connectivity index (χ1) is 8.40. The van der Waals surface area contributed by atoms with E-state index in [1.165, 1.54) is 18.4 Å². The van der Waals surface area contributed by atoms with Crippen LogP contribution in [0.25, 0.3) is 0 Å². The Morgan fingerprint density at radius 3 is 2.35 bits per heavy atom. The SMILES string of the molecule is CCCCc1ccccc1Oc1ccccc1. The van der Waals surface area contributed by atoms with Crippen molar-refractivity contribution in [2.45, 2.75) is 26.2 Å². The van der Waals surface area contributed by atoms with Crippen molar-refractivity contribution in [1.29, 1.82) is 0 Å². The molecule has 0 unspecified atom stereocenters. The van der Waals surface area contributed by atoms with Gasteiger partial charge in [-0.2, -0.15) is 0 Å². The molecule has 1 heteroatoms. The van der Waals surface area contributed by atoms with Gasteiger partial charge < -0.3 is 4.74 Å². The zero-order valence-corrected chi connectivity index (χ0v) is 10.2. The highest BCUT2D eigenvalue weighted by atomic mass is 16.5. The molecular formula is C16H18O. The number of rotatable bonds is 5. The second-order valence-electron chi connectivity index (χ2n) is 4.13. The highest BCUT2D eigenvalue weighted by molar-refractivity contribution is 5.37.